The molecule has 0 radical (unpaired) electrons. The molecule has 0 saturated carbocycles. The molecule has 0 atom stereocenters. The number of hydrogen-bond donors (Lipinski definition) is 0. The standard InChI is InChI=1S/C21H22N2O3S/c1-22(2)20-16-18(14-15-21(20)26-3)23(17-10-6-4-7-11-17)27(24,25)19-12-8-5-9-13-19/h4-16H,1-3H3. The third kappa shape index (κ3) is 3.75. The topological polar surface area (TPSA) is 49.9 Å². The molecule has 140 valence electrons. The molecule has 3 aromatic rings. The van der Waals surface area contributed by atoms with Crippen molar-refractivity contribution in [1.29, 1.82) is 0 Å². The van der Waals surface area contributed by atoms with Gasteiger partial charge < -0.3 is 9.64 Å². The van der Waals surface area contributed by atoms with Crippen molar-refractivity contribution in [2.75, 3.05) is 30.4 Å². The Morgan fingerprint density at radius 3 is 1.93 bits per heavy atom. The lowest BCUT2D eigenvalue weighted by atomic mass is 10.2. The van der Waals surface area contributed by atoms with Gasteiger partial charge in [0, 0.05) is 14.1 Å². The second kappa shape index (κ2) is 7.72. The van der Waals surface area contributed by atoms with Gasteiger partial charge in [0.2, 0.25) is 0 Å². The molecule has 3 aromatic carbocycles. The molecule has 0 aliphatic heterocycles. The van der Waals surface area contributed by atoms with Gasteiger partial charge in [0.05, 0.1) is 29.1 Å². The Hall–Kier alpha value is -2.99. The predicted octanol–water partition coefficient (Wildman–Crippen LogP) is 4.29. The van der Waals surface area contributed by atoms with E-state index in [0.29, 0.717) is 17.1 Å². The maximum Gasteiger partial charge on any atom is 0.268 e. The zero-order valence-corrected chi connectivity index (χ0v) is 16.3. The number of hydrogen-bond acceptors (Lipinski definition) is 4. The molecule has 27 heavy (non-hydrogen) atoms. The molecule has 0 spiro atoms. The first-order valence-corrected chi connectivity index (χ1v) is 9.90. The van der Waals surface area contributed by atoms with Gasteiger partial charge in [-0.25, -0.2) is 12.7 Å². The molecule has 0 aliphatic carbocycles. The Balaban J connectivity index is 2.22. The summed E-state index contributed by atoms with van der Waals surface area (Å²) in [5, 5.41) is 0. The Morgan fingerprint density at radius 2 is 1.37 bits per heavy atom. The number of benzene rings is 3. The Labute approximate surface area is 160 Å². The summed E-state index contributed by atoms with van der Waals surface area (Å²) in [7, 11) is 1.58. The second-order valence-electron chi connectivity index (χ2n) is 6.17. The normalized spacial score (nSPS) is 11.1. The van der Waals surface area contributed by atoms with E-state index < -0.39 is 10.0 Å². The lowest BCUT2D eigenvalue weighted by molar-refractivity contribution is 0.415. The van der Waals surface area contributed by atoms with Crippen molar-refractivity contribution in [3.05, 3.63) is 78.9 Å². The van der Waals surface area contributed by atoms with Crippen LogP contribution in [0.4, 0.5) is 17.1 Å². The minimum atomic E-state index is -3.80. The molecule has 0 amide bonds. The quantitative estimate of drug-likeness (QED) is 0.638. The first-order chi connectivity index (χ1) is 12.9. The van der Waals surface area contributed by atoms with Gasteiger partial charge in [-0.15, -0.1) is 0 Å². The molecule has 0 aliphatic rings. The molecule has 0 heterocycles. The Kier molecular flexibility index (Phi) is 5.37. The fourth-order valence-electron chi connectivity index (χ4n) is 2.84. The third-order valence-electron chi connectivity index (χ3n) is 4.15. The average molecular weight is 382 g/mol. The molecule has 6 heteroatoms. The molecule has 3 rings (SSSR count). The summed E-state index contributed by atoms with van der Waals surface area (Å²) in [4.78, 5) is 2.12. The van der Waals surface area contributed by atoms with Crippen molar-refractivity contribution in [3.63, 3.8) is 0 Å². The smallest absolute Gasteiger partial charge is 0.268 e. The van der Waals surface area contributed by atoms with Crippen LogP contribution in [0.25, 0.3) is 0 Å². The van der Waals surface area contributed by atoms with Crippen molar-refractivity contribution in [1.82, 2.24) is 0 Å². The Bertz CT molecular complexity index is 1000. The summed E-state index contributed by atoms with van der Waals surface area (Å²) in [5.74, 6) is 0.675. The van der Waals surface area contributed by atoms with Crippen LogP contribution in [0.1, 0.15) is 0 Å². The van der Waals surface area contributed by atoms with Gasteiger partial charge >= 0.3 is 0 Å². The van der Waals surface area contributed by atoms with Crippen LogP contribution in [0.5, 0.6) is 5.75 Å². The van der Waals surface area contributed by atoms with Crippen LogP contribution >= 0.6 is 0 Å². The maximum atomic E-state index is 13.4. The highest BCUT2D eigenvalue weighted by Crippen LogP contribution is 2.37. The number of methoxy groups -OCH3 is 1. The molecular weight excluding hydrogens is 360 g/mol. The summed E-state index contributed by atoms with van der Waals surface area (Å²) in [6.07, 6.45) is 0. The van der Waals surface area contributed by atoms with E-state index >= 15 is 0 Å². The summed E-state index contributed by atoms with van der Waals surface area (Å²) in [6.45, 7) is 0. The Morgan fingerprint density at radius 1 is 0.778 bits per heavy atom. The molecule has 0 saturated heterocycles. The minimum Gasteiger partial charge on any atom is -0.495 e. The molecule has 0 N–H and O–H groups in total. The maximum absolute atomic E-state index is 13.4. The van der Waals surface area contributed by atoms with Gasteiger partial charge in [0.1, 0.15) is 5.75 Å². The number of ether oxygens (including phenoxy) is 1. The second-order valence-corrected chi connectivity index (χ2v) is 7.96. The molecule has 0 bridgehead atoms. The lowest BCUT2D eigenvalue weighted by Crippen LogP contribution is -2.26. The van der Waals surface area contributed by atoms with E-state index in [2.05, 4.69) is 0 Å². The zero-order chi connectivity index (χ0) is 19.4. The van der Waals surface area contributed by atoms with E-state index in [9.17, 15) is 8.42 Å². The van der Waals surface area contributed by atoms with Crippen molar-refractivity contribution in [2.45, 2.75) is 4.90 Å². The van der Waals surface area contributed by atoms with Crippen LogP contribution in [0.15, 0.2) is 83.8 Å². The van der Waals surface area contributed by atoms with E-state index in [1.54, 1.807) is 61.7 Å². The van der Waals surface area contributed by atoms with Crippen LogP contribution in [0.3, 0.4) is 0 Å². The van der Waals surface area contributed by atoms with E-state index in [-0.39, 0.29) is 4.90 Å². The summed E-state index contributed by atoms with van der Waals surface area (Å²) >= 11 is 0. The largest absolute Gasteiger partial charge is 0.495 e. The summed E-state index contributed by atoms with van der Waals surface area (Å²) < 4.78 is 33.7. The highest BCUT2D eigenvalue weighted by Gasteiger charge is 2.27. The molecular formula is C21H22N2O3S. The third-order valence-corrected chi connectivity index (χ3v) is 5.92. The first kappa shape index (κ1) is 18.8. The first-order valence-electron chi connectivity index (χ1n) is 8.46. The van der Waals surface area contributed by atoms with Crippen LogP contribution in [-0.4, -0.2) is 29.6 Å². The zero-order valence-electron chi connectivity index (χ0n) is 15.5. The fraction of sp³-hybridized carbons (Fsp3) is 0.143. The van der Waals surface area contributed by atoms with Crippen molar-refractivity contribution in [2.24, 2.45) is 0 Å². The predicted molar refractivity (Wildman–Crippen MR) is 110 cm³/mol. The highest BCUT2D eigenvalue weighted by atomic mass is 32.2. The summed E-state index contributed by atoms with van der Waals surface area (Å²) in [6, 6.07) is 22.8. The average Bonchev–Trinajstić information content (AvgIpc) is 2.69. The van der Waals surface area contributed by atoms with Gasteiger partial charge in [-0.3, -0.25) is 0 Å². The number of rotatable bonds is 6. The van der Waals surface area contributed by atoms with Crippen molar-refractivity contribution >= 4 is 27.1 Å². The van der Waals surface area contributed by atoms with Crippen molar-refractivity contribution in [3.8, 4) is 5.75 Å². The minimum absolute atomic E-state index is 0.232. The molecule has 0 aromatic heterocycles. The monoisotopic (exact) mass is 382 g/mol. The van der Waals surface area contributed by atoms with Gasteiger partial charge in [-0.05, 0) is 42.5 Å². The van der Waals surface area contributed by atoms with Crippen molar-refractivity contribution < 1.29 is 13.2 Å². The van der Waals surface area contributed by atoms with Gasteiger partial charge in [-0.2, -0.15) is 0 Å². The van der Waals surface area contributed by atoms with Gasteiger partial charge in [-0.1, -0.05) is 36.4 Å². The number of anilines is 3. The fourth-order valence-corrected chi connectivity index (χ4v) is 4.34. The van der Waals surface area contributed by atoms with Gasteiger partial charge in [0.15, 0.2) is 0 Å². The highest BCUT2D eigenvalue weighted by molar-refractivity contribution is 7.93. The van der Waals surface area contributed by atoms with Gasteiger partial charge in [0.25, 0.3) is 10.0 Å². The van der Waals surface area contributed by atoms with Crippen LogP contribution < -0.4 is 13.9 Å². The van der Waals surface area contributed by atoms with E-state index in [1.807, 2.05) is 43.3 Å². The van der Waals surface area contributed by atoms with E-state index in [4.69, 9.17) is 4.74 Å². The van der Waals surface area contributed by atoms with Crippen LogP contribution in [-0.2, 0) is 10.0 Å². The SMILES string of the molecule is COc1ccc(N(c2ccccc2)S(=O)(=O)c2ccccc2)cc1N(C)C. The van der Waals surface area contributed by atoms with Crippen LogP contribution in [0.2, 0.25) is 0 Å². The number of para-hydroxylation sites is 1. The number of nitrogens with zero attached hydrogens (tertiary/aromatic N) is 2. The molecule has 5 nitrogen and oxygen atoms in total. The van der Waals surface area contributed by atoms with E-state index in [1.165, 1.54) is 4.31 Å². The van der Waals surface area contributed by atoms with Crippen LogP contribution in [0, 0.1) is 0 Å². The number of sulfonamides is 1. The molecule has 0 unspecified atom stereocenters. The summed E-state index contributed by atoms with van der Waals surface area (Å²) in [5.41, 5.74) is 1.89. The lowest BCUT2D eigenvalue weighted by Gasteiger charge is -2.26. The van der Waals surface area contributed by atoms with E-state index in [0.717, 1.165) is 5.69 Å². The molecule has 0 fully saturated rings.